The number of thiophene rings is 1. The van der Waals surface area contributed by atoms with Crippen LogP contribution < -0.4 is 9.64 Å². The summed E-state index contributed by atoms with van der Waals surface area (Å²) < 4.78 is 45.8. The van der Waals surface area contributed by atoms with Crippen molar-refractivity contribution in [3.8, 4) is 5.75 Å². The minimum Gasteiger partial charge on any atom is -0.488 e. The van der Waals surface area contributed by atoms with Gasteiger partial charge in [-0.1, -0.05) is 11.6 Å². The van der Waals surface area contributed by atoms with Gasteiger partial charge in [-0.3, -0.25) is 0 Å². The molecule has 1 fully saturated rings. The Morgan fingerprint density at radius 1 is 1.16 bits per heavy atom. The Bertz CT molecular complexity index is 803. The van der Waals surface area contributed by atoms with E-state index in [0.717, 1.165) is 31.0 Å². The topological polar surface area (TPSA) is 51.0 Å². The molecule has 1 aliphatic rings. The third kappa shape index (κ3) is 4.71. The van der Waals surface area contributed by atoms with Gasteiger partial charge in [-0.05, 0) is 36.4 Å². The second-order valence-electron chi connectivity index (χ2n) is 5.77. The lowest BCUT2D eigenvalue weighted by atomic mass is 10.3. The van der Waals surface area contributed by atoms with Gasteiger partial charge in [-0.2, -0.15) is 4.31 Å². The minimum absolute atomic E-state index is 0.290. The molecule has 1 N–H and O–H groups in total. The van der Waals surface area contributed by atoms with E-state index in [2.05, 4.69) is 0 Å². The maximum absolute atomic E-state index is 12.8. The van der Waals surface area contributed by atoms with Gasteiger partial charge >= 0.3 is 0 Å². The van der Waals surface area contributed by atoms with Crippen LogP contribution in [0.3, 0.4) is 0 Å². The van der Waals surface area contributed by atoms with Crippen LogP contribution in [0.4, 0.5) is 4.39 Å². The summed E-state index contributed by atoms with van der Waals surface area (Å²) >= 11 is 6.93. The summed E-state index contributed by atoms with van der Waals surface area (Å²) in [5.41, 5.74) is 0. The van der Waals surface area contributed by atoms with Crippen molar-refractivity contribution in [2.45, 2.75) is 4.21 Å². The Labute approximate surface area is 155 Å². The molecule has 1 aromatic carbocycles. The molecule has 25 heavy (non-hydrogen) atoms. The smallest absolute Gasteiger partial charge is 0.253 e. The molecule has 0 spiro atoms. The third-order valence-electron chi connectivity index (χ3n) is 4.11. The molecule has 0 saturated carbocycles. The van der Waals surface area contributed by atoms with Crippen molar-refractivity contribution in [3.05, 3.63) is 46.6 Å². The molecule has 9 heteroatoms. The molecule has 0 radical (unpaired) electrons. The summed E-state index contributed by atoms with van der Waals surface area (Å²) in [5.74, 6) is 0.346. The Morgan fingerprint density at radius 3 is 2.44 bits per heavy atom. The van der Waals surface area contributed by atoms with Crippen molar-refractivity contribution in [1.29, 1.82) is 0 Å². The second-order valence-corrected chi connectivity index (χ2v) is 9.64. The van der Waals surface area contributed by atoms with E-state index in [1.165, 1.54) is 21.3 Å². The molecule has 2 heterocycles. The van der Waals surface area contributed by atoms with Crippen LogP contribution in [0.15, 0.2) is 40.6 Å². The highest BCUT2D eigenvalue weighted by Crippen LogP contribution is 2.27. The van der Waals surface area contributed by atoms with E-state index in [-0.39, 0.29) is 5.82 Å². The normalized spacial score (nSPS) is 16.9. The molecule has 1 aromatic heterocycles. The number of benzene rings is 1. The second kappa shape index (κ2) is 8.01. The standard InChI is InChI=1S/C16H18ClFN2O3S2/c17-15-5-6-16(24-15)25(21,22)20-9-7-19(8-10-20)11-12-23-14-3-1-13(18)2-4-14/h1-6H,7-12H2/p+1. The zero-order valence-electron chi connectivity index (χ0n) is 13.5. The van der Waals surface area contributed by atoms with Gasteiger partial charge in [0.2, 0.25) is 0 Å². The molecule has 0 unspecified atom stereocenters. The van der Waals surface area contributed by atoms with Crippen LogP contribution >= 0.6 is 22.9 Å². The maximum Gasteiger partial charge on any atom is 0.253 e. The summed E-state index contributed by atoms with van der Waals surface area (Å²) in [4.78, 5) is 1.29. The van der Waals surface area contributed by atoms with Crippen molar-refractivity contribution in [2.24, 2.45) is 0 Å². The van der Waals surface area contributed by atoms with Crippen LogP contribution in [-0.4, -0.2) is 52.1 Å². The SMILES string of the molecule is O=S(=O)(c1ccc(Cl)s1)N1CC[NH+](CCOc2ccc(F)cc2)CC1. The van der Waals surface area contributed by atoms with Crippen LogP contribution in [0.25, 0.3) is 0 Å². The molecule has 1 aliphatic heterocycles. The van der Waals surface area contributed by atoms with Gasteiger partial charge in [0.1, 0.15) is 28.9 Å². The number of quaternary nitrogens is 1. The number of piperazine rings is 1. The van der Waals surface area contributed by atoms with E-state index >= 15 is 0 Å². The van der Waals surface area contributed by atoms with Gasteiger partial charge in [-0.15, -0.1) is 11.3 Å². The minimum atomic E-state index is -3.44. The number of nitrogens with one attached hydrogen (secondary N) is 1. The molecular formula is C16H19ClFN2O3S2+. The van der Waals surface area contributed by atoms with Gasteiger partial charge in [0.15, 0.2) is 0 Å². The summed E-state index contributed by atoms with van der Waals surface area (Å²) in [6.45, 7) is 3.69. The van der Waals surface area contributed by atoms with Crippen molar-refractivity contribution in [2.75, 3.05) is 39.3 Å². The monoisotopic (exact) mass is 405 g/mol. The van der Waals surface area contributed by atoms with Crippen LogP contribution in [0.1, 0.15) is 0 Å². The molecule has 0 bridgehead atoms. The summed E-state index contributed by atoms with van der Waals surface area (Å²) in [5, 5.41) is 0. The van der Waals surface area contributed by atoms with Crippen LogP contribution in [0.5, 0.6) is 5.75 Å². The Balaban J connectivity index is 1.46. The molecule has 136 valence electrons. The fourth-order valence-corrected chi connectivity index (χ4v) is 5.78. The molecule has 1 saturated heterocycles. The summed E-state index contributed by atoms with van der Waals surface area (Å²) in [6.07, 6.45) is 0. The molecular weight excluding hydrogens is 387 g/mol. The lowest BCUT2D eigenvalue weighted by Crippen LogP contribution is -3.15. The largest absolute Gasteiger partial charge is 0.488 e. The fourth-order valence-electron chi connectivity index (χ4n) is 2.70. The number of nitrogens with zero attached hydrogens (tertiary/aromatic N) is 1. The maximum atomic E-state index is 12.8. The Hall–Kier alpha value is -1.19. The predicted octanol–water partition coefficient (Wildman–Crippen LogP) is 1.51. The van der Waals surface area contributed by atoms with Crippen molar-refractivity contribution >= 4 is 33.0 Å². The number of halogens is 2. The van der Waals surface area contributed by atoms with Gasteiger partial charge in [0.25, 0.3) is 10.0 Å². The van der Waals surface area contributed by atoms with E-state index in [1.54, 1.807) is 24.3 Å². The molecule has 0 atom stereocenters. The number of ether oxygens (including phenoxy) is 1. The van der Waals surface area contributed by atoms with Crippen LogP contribution in [0.2, 0.25) is 4.34 Å². The first kappa shape index (κ1) is 18.6. The number of hydrogen-bond acceptors (Lipinski definition) is 4. The Morgan fingerprint density at radius 2 is 1.84 bits per heavy atom. The average Bonchev–Trinajstić information content (AvgIpc) is 3.04. The summed E-state index contributed by atoms with van der Waals surface area (Å²) in [7, 11) is -3.44. The predicted molar refractivity (Wildman–Crippen MR) is 95.5 cm³/mol. The van der Waals surface area contributed by atoms with E-state index in [9.17, 15) is 12.8 Å². The lowest BCUT2D eigenvalue weighted by Gasteiger charge is -2.31. The van der Waals surface area contributed by atoms with Crippen molar-refractivity contribution in [1.82, 2.24) is 4.31 Å². The van der Waals surface area contributed by atoms with E-state index < -0.39 is 10.0 Å². The third-order valence-corrected chi connectivity index (χ3v) is 7.71. The highest BCUT2D eigenvalue weighted by Gasteiger charge is 2.31. The van der Waals surface area contributed by atoms with Gasteiger partial charge in [0.05, 0.1) is 30.5 Å². The van der Waals surface area contributed by atoms with Crippen molar-refractivity contribution < 1.29 is 22.4 Å². The van der Waals surface area contributed by atoms with Gasteiger partial charge in [0, 0.05) is 0 Å². The molecule has 5 nitrogen and oxygen atoms in total. The number of sulfonamides is 1. The molecule has 0 aliphatic carbocycles. The first-order chi connectivity index (χ1) is 11.9. The number of hydrogen-bond donors (Lipinski definition) is 1. The average molecular weight is 406 g/mol. The highest BCUT2D eigenvalue weighted by atomic mass is 35.5. The summed E-state index contributed by atoms with van der Waals surface area (Å²) in [6, 6.07) is 9.08. The Kier molecular flexibility index (Phi) is 5.96. The van der Waals surface area contributed by atoms with E-state index in [0.29, 0.717) is 34.0 Å². The molecule has 2 aromatic rings. The highest BCUT2D eigenvalue weighted by molar-refractivity contribution is 7.91. The van der Waals surface area contributed by atoms with E-state index in [4.69, 9.17) is 16.3 Å². The first-order valence-electron chi connectivity index (χ1n) is 7.92. The first-order valence-corrected chi connectivity index (χ1v) is 10.6. The van der Waals surface area contributed by atoms with Crippen LogP contribution in [-0.2, 0) is 10.0 Å². The zero-order chi connectivity index (χ0) is 17.9. The van der Waals surface area contributed by atoms with Gasteiger partial charge < -0.3 is 9.64 Å². The van der Waals surface area contributed by atoms with Crippen molar-refractivity contribution in [3.63, 3.8) is 0 Å². The molecule has 0 amide bonds. The van der Waals surface area contributed by atoms with Gasteiger partial charge in [-0.25, -0.2) is 12.8 Å². The van der Waals surface area contributed by atoms with E-state index in [1.807, 2.05) is 0 Å². The number of rotatable bonds is 6. The lowest BCUT2D eigenvalue weighted by molar-refractivity contribution is -0.903. The quantitative estimate of drug-likeness (QED) is 0.792. The molecule has 3 rings (SSSR count). The zero-order valence-corrected chi connectivity index (χ0v) is 15.8. The van der Waals surface area contributed by atoms with Crippen LogP contribution in [0, 0.1) is 5.82 Å². The fraction of sp³-hybridized carbons (Fsp3) is 0.375.